The molecule has 1 aliphatic heterocycles. The highest BCUT2D eigenvalue weighted by atomic mass is 32.1. The van der Waals surface area contributed by atoms with Crippen molar-refractivity contribution in [3.8, 4) is 0 Å². The first-order chi connectivity index (χ1) is 14.7. The lowest BCUT2D eigenvalue weighted by molar-refractivity contribution is 0.102. The number of rotatable bonds is 6. The largest absolute Gasteiger partial charge is 0.320 e. The summed E-state index contributed by atoms with van der Waals surface area (Å²) in [5, 5.41) is 12.4. The van der Waals surface area contributed by atoms with Gasteiger partial charge < -0.3 is 5.32 Å². The van der Waals surface area contributed by atoms with E-state index in [-0.39, 0.29) is 11.7 Å². The number of benzene rings is 2. The molecular formula is C22H24FN5OS. The van der Waals surface area contributed by atoms with E-state index in [9.17, 15) is 9.18 Å². The van der Waals surface area contributed by atoms with Gasteiger partial charge in [-0.2, -0.15) is 0 Å². The second kappa shape index (κ2) is 9.88. The zero-order valence-electron chi connectivity index (χ0n) is 16.6. The Morgan fingerprint density at radius 3 is 2.37 bits per heavy atom. The second-order valence-corrected chi connectivity index (χ2v) is 8.42. The maximum atomic E-state index is 13.1. The Bertz CT molecular complexity index is 963. The molecule has 1 N–H and O–H groups in total. The maximum Gasteiger partial charge on any atom is 0.286 e. The van der Waals surface area contributed by atoms with Crippen LogP contribution in [0.4, 0.5) is 10.1 Å². The molecule has 4 rings (SSSR count). The second-order valence-electron chi connectivity index (χ2n) is 7.35. The molecule has 6 nitrogen and oxygen atoms in total. The highest BCUT2D eigenvalue weighted by molar-refractivity contribution is 7.13. The molecule has 30 heavy (non-hydrogen) atoms. The number of nitrogens with one attached hydrogen (secondary N) is 1. The van der Waals surface area contributed by atoms with Gasteiger partial charge in [0, 0.05) is 25.3 Å². The van der Waals surface area contributed by atoms with E-state index in [0.717, 1.165) is 55.4 Å². The van der Waals surface area contributed by atoms with Crippen molar-refractivity contribution in [2.75, 3.05) is 31.5 Å². The van der Waals surface area contributed by atoms with E-state index in [1.807, 2.05) is 42.5 Å². The van der Waals surface area contributed by atoms with Gasteiger partial charge >= 0.3 is 0 Å². The molecule has 1 aromatic heterocycles. The molecule has 0 spiro atoms. The number of para-hydroxylation sites is 1. The molecule has 2 aromatic carbocycles. The van der Waals surface area contributed by atoms with Crippen LogP contribution in [-0.4, -0.2) is 52.1 Å². The normalized spacial score (nSPS) is 15.6. The van der Waals surface area contributed by atoms with Gasteiger partial charge in [0.15, 0.2) is 0 Å². The van der Waals surface area contributed by atoms with Crippen molar-refractivity contribution >= 4 is 22.9 Å². The Balaban J connectivity index is 1.28. The molecule has 1 amide bonds. The Kier molecular flexibility index (Phi) is 6.78. The molecule has 0 atom stereocenters. The van der Waals surface area contributed by atoms with E-state index >= 15 is 0 Å². The third-order valence-corrected chi connectivity index (χ3v) is 5.96. The van der Waals surface area contributed by atoms with Crippen LogP contribution in [0.3, 0.4) is 0 Å². The van der Waals surface area contributed by atoms with Crippen LogP contribution in [0.1, 0.15) is 26.8 Å². The molecule has 1 saturated heterocycles. The van der Waals surface area contributed by atoms with Crippen molar-refractivity contribution in [1.29, 1.82) is 0 Å². The molecule has 1 aliphatic rings. The fraction of sp³-hybridized carbons (Fsp3) is 0.318. The third kappa shape index (κ3) is 5.69. The van der Waals surface area contributed by atoms with Crippen molar-refractivity contribution in [3.05, 3.63) is 76.0 Å². The highest BCUT2D eigenvalue weighted by Gasteiger charge is 2.18. The number of hydrogen-bond acceptors (Lipinski definition) is 6. The Labute approximate surface area is 179 Å². The summed E-state index contributed by atoms with van der Waals surface area (Å²) in [7, 11) is 0. The fourth-order valence-corrected chi connectivity index (χ4v) is 4.27. The lowest BCUT2D eigenvalue weighted by Gasteiger charge is -2.21. The Morgan fingerprint density at radius 1 is 0.933 bits per heavy atom. The standard InChI is InChI=1S/C22H24FN5OS/c23-18-9-7-17(8-10-18)15-27-11-4-12-28(14-13-27)16-20-25-26-22(30-20)21(29)24-19-5-2-1-3-6-19/h1-3,5-10H,4,11-16H2,(H,24,29). The van der Waals surface area contributed by atoms with Crippen molar-refractivity contribution in [3.63, 3.8) is 0 Å². The molecule has 0 unspecified atom stereocenters. The summed E-state index contributed by atoms with van der Waals surface area (Å²) in [5.74, 6) is -0.430. The van der Waals surface area contributed by atoms with E-state index < -0.39 is 0 Å². The van der Waals surface area contributed by atoms with E-state index in [0.29, 0.717) is 11.6 Å². The Morgan fingerprint density at radius 2 is 1.63 bits per heavy atom. The van der Waals surface area contributed by atoms with Crippen LogP contribution in [0, 0.1) is 5.82 Å². The minimum atomic E-state index is -0.230. The zero-order chi connectivity index (χ0) is 20.8. The summed E-state index contributed by atoms with van der Waals surface area (Å²) < 4.78 is 13.1. The van der Waals surface area contributed by atoms with E-state index in [1.165, 1.54) is 23.5 Å². The van der Waals surface area contributed by atoms with Crippen LogP contribution >= 0.6 is 11.3 Å². The number of halogens is 1. The number of aromatic nitrogens is 2. The number of amides is 1. The summed E-state index contributed by atoms with van der Waals surface area (Å²) in [6.07, 6.45) is 1.06. The molecule has 0 bridgehead atoms. The van der Waals surface area contributed by atoms with Crippen LogP contribution in [0.15, 0.2) is 54.6 Å². The van der Waals surface area contributed by atoms with Crippen molar-refractivity contribution in [1.82, 2.24) is 20.0 Å². The van der Waals surface area contributed by atoms with Gasteiger partial charge in [-0.05, 0) is 49.3 Å². The van der Waals surface area contributed by atoms with Crippen molar-refractivity contribution in [2.45, 2.75) is 19.5 Å². The van der Waals surface area contributed by atoms with E-state index in [2.05, 4.69) is 25.3 Å². The minimum Gasteiger partial charge on any atom is -0.320 e. The number of anilines is 1. The van der Waals surface area contributed by atoms with Gasteiger partial charge in [0.1, 0.15) is 10.8 Å². The quantitative estimate of drug-likeness (QED) is 0.653. The molecule has 0 aliphatic carbocycles. The average Bonchev–Trinajstić information content (AvgIpc) is 3.11. The molecule has 156 valence electrons. The first-order valence-corrected chi connectivity index (χ1v) is 10.9. The first kappa shape index (κ1) is 20.6. The lowest BCUT2D eigenvalue weighted by atomic mass is 10.2. The number of nitrogens with zero attached hydrogens (tertiary/aromatic N) is 4. The predicted octanol–water partition coefficient (Wildman–Crippen LogP) is 3.64. The predicted molar refractivity (Wildman–Crippen MR) is 116 cm³/mol. The minimum absolute atomic E-state index is 0.199. The van der Waals surface area contributed by atoms with Crippen LogP contribution in [0.25, 0.3) is 0 Å². The summed E-state index contributed by atoms with van der Waals surface area (Å²) in [5.41, 5.74) is 1.87. The molecule has 8 heteroatoms. The molecule has 0 saturated carbocycles. The third-order valence-electron chi connectivity index (χ3n) is 5.05. The van der Waals surface area contributed by atoms with E-state index in [1.54, 1.807) is 0 Å². The van der Waals surface area contributed by atoms with Crippen molar-refractivity contribution in [2.24, 2.45) is 0 Å². The molecule has 2 heterocycles. The van der Waals surface area contributed by atoms with Gasteiger partial charge in [-0.25, -0.2) is 4.39 Å². The van der Waals surface area contributed by atoms with E-state index in [4.69, 9.17) is 0 Å². The van der Waals surface area contributed by atoms with Crippen LogP contribution < -0.4 is 5.32 Å². The number of hydrogen-bond donors (Lipinski definition) is 1. The highest BCUT2D eigenvalue weighted by Crippen LogP contribution is 2.17. The molecule has 0 radical (unpaired) electrons. The van der Waals surface area contributed by atoms with Crippen LogP contribution in [-0.2, 0) is 13.1 Å². The van der Waals surface area contributed by atoms with Gasteiger partial charge in [0.2, 0.25) is 5.01 Å². The number of carbonyl (C=O) groups excluding carboxylic acids is 1. The van der Waals surface area contributed by atoms with Crippen LogP contribution in [0.5, 0.6) is 0 Å². The van der Waals surface area contributed by atoms with Gasteiger partial charge in [-0.15, -0.1) is 10.2 Å². The van der Waals surface area contributed by atoms with Gasteiger partial charge in [0.05, 0.1) is 6.54 Å². The van der Waals surface area contributed by atoms with Gasteiger partial charge in [0.25, 0.3) is 5.91 Å². The maximum absolute atomic E-state index is 13.1. The zero-order valence-corrected chi connectivity index (χ0v) is 17.4. The lowest BCUT2D eigenvalue weighted by Crippen LogP contribution is -2.30. The average molecular weight is 426 g/mol. The topological polar surface area (TPSA) is 61.4 Å². The Hall–Kier alpha value is -2.68. The monoisotopic (exact) mass is 425 g/mol. The summed E-state index contributed by atoms with van der Waals surface area (Å²) in [4.78, 5) is 17.1. The van der Waals surface area contributed by atoms with Gasteiger partial charge in [-0.3, -0.25) is 14.6 Å². The first-order valence-electron chi connectivity index (χ1n) is 10.0. The van der Waals surface area contributed by atoms with Gasteiger partial charge in [-0.1, -0.05) is 41.7 Å². The van der Waals surface area contributed by atoms with Crippen LogP contribution in [0.2, 0.25) is 0 Å². The smallest absolute Gasteiger partial charge is 0.286 e. The molecule has 1 fully saturated rings. The molecular weight excluding hydrogens is 401 g/mol. The summed E-state index contributed by atoms with van der Waals surface area (Å²) in [6, 6.07) is 16.1. The molecule has 3 aromatic rings. The fourth-order valence-electron chi connectivity index (χ4n) is 3.50. The summed E-state index contributed by atoms with van der Waals surface area (Å²) in [6.45, 7) is 5.38. The summed E-state index contributed by atoms with van der Waals surface area (Å²) >= 11 is 1.34. The van der Waals surface area contributed by atoms with Crippen molar-refractivity contribution < 1.29 is 9.18 Å². The number of carbonyl (C=O) groups is 1. The SMILES string of the molecule is O=C(Nc1ccccc1)c1nnc(CN2CCCN(Cc3ccc(F)cc3)CC2)s1.